The molecule has 2 aliphatic rings. The zero-order valence-electron chi connectivity index (χ0n) is 28.1. The Hall–Kier alpha value is -5.44. The third kappa shape index (κ3) is 7.77. The fraction of sp³-hybridized carbons (Fsp3) is 0.333. The summed E-state index contributed by atoms with van der Waals surface area (Å²) >= 11 is 0. The highest BCUT2D eigenvalue weighted by Crippen LogP contribution is 2.40. The zero-order valence-corrected chi connectivity index (χ0v) is 28.1. The van der Waals surface area contributed by atoms with Crippen LogP contribution in [0, 0.1) is 0 Å². The number of carbonyl (C=O) groups is 1. The number of fused-ring (bicyclic) bond motifs is 1. The molecule has 0 spiro atoms. The molecule has 288 valence electrons. The van der Waals surface area contributed by atoms with Gasteiger partial charge in [0, 0.05) is 23.8 Å². The monoisotopic (exact) mass is 756 g/mol. The van der Waals surface area contributed by atoms with Crippen LogP contribution in [0.4, 0.5) is 0 Å². The van der Waals surface area contributed by atoms with E-state index >= 15 is 0 Å². The van der Waals surface area contributed by atoms with Crippen LogP contribution >= 0.6 is 0 Å². The lowest BCUT2D eigenvalue weighted by molar-refractivity contribution is -0.349. The molecule has 18 nitrogen and oxygen atoms in total. The number of phenolic OH excluding ortho intramolecular Hbond substituents is 5. The van der Waals surface area contributed by atoms with Crippen LogP contribution in [0.15, 0.2) is 69.9 Å². The minimum absolute atomic E-state index is 0.0278. The minimum atomic E-state index is -2.00. The molecule has 54 heavy (non-hydrogen) atoms. The van der Waals surface area contributed by atoms with Crippen LogP contribution in [0.1, 0.15) is 12.5 Å². The number of hydrogen-bond donors (Lipinski definition) is 10. The molecule has 18 heteroatoms. The number of ether oxygens (including phenoxy) is 5. The van der Waals surface area contributed by atoms with Crippen LogP contribution in [0.2, 0.25) is 0 Å². The maximum Gasteiger partial charge on any atom is 0.330 e. The molecule has 0 bridgehead atoms. The van der Waals surface area contributed by atoms with E-state index in [1.807, 2.05) is 0 Å². The summed E-state index contributed by atoms with van der Waals surface area (Å²) in [5, 5.41) is 103. The van der Waals surface area contributed by atoms with Crippen LogP contribution < -0.4 is 10.2 Å². The van der Waals surface area contributed by atoms with Gasteiger partial charge in [-0.1, -0.05) is 12.1 Å². The van der Waals surface area contributed by atoms with Crippen molar-refractivity contribution in [3.8, 4) is 45.8 Å². The van der Waals surface area contributed by atoms with Crippen molar-refractivity contribution < 1.29 is 84.0 Å². The minimum Gasteiger partial charge on any atom is -0.508 e. The first-order valence-corrected chi connectivity index (χ1v) is 16.3. The predicted molar refractivity (Wildman–Crippen MR) is 181 cm³/mol. The largest absolute Gasteiger partial charge is 0.508 e. The Bertz CT molecular complexity index is 2080. The van der Waals surface area contributed by atoms with Gasteiger partial charge in [-0.3, -0.25) is 4.79 Å². The molecular formula is C36H36O18. The van der Waals surface area contributed by atoms with E-state index < -0.39 is 119 Å². The molecule has 2 saturated heterocycles. The number of carbonyl (C=O) groups excluding carboxylic acids is 1. The zero-order chi connectivity index (χ0) is 39.0. The van der Waals surface area contributed by atoms with E-state index in [9.17, 15) is 60.7 Å². The van der Waals surface area contributed by atoms with Crippen LogP contribution in [0.5, 0.6) is 34.5 Å². The molecular weight excluding hydrogens is 720 g/mol. The van der Waals surface area contributed by atoms with Gasteiger partial charge in [-0.25, -0.2) is 4.79 Å². The molecule has 10 atom stereocenters. The van der Waals surface area contributed by atoms with Gasteiger partial charge >= 0.3 is 5.97 Å². The van der Waals surface area contributed by atoms with Crippen molar-refractivity contribution in [3.63, 3.8) is 0 Å². The van der Waals surface area contributed by atoms with Gasteiger partial charge in [-0.2, -0.15) is 0 Å². The molecule has 3 aromatic carbocycles. The number of hydrogen-bond acceptors (Lipinski definition) is 18. The standard InChI is InChI=1S/C36H36O18/c1-14-32(53-36-30(47)28(45)26(43)23(52-36)13-49-24(42)9-4-15-2-6-17(37)7-3-15)29(46)31(48)35(50-14)54-34-27(44)25-21(41)11-18(38)12-22(25)51-33(34)16-5-8-19(39)20(40)10-16/h2-12,14,23,26,28-32,35-41,43,45-48H,13H2,1H3/t14-,23+,26+,28-,29-,30+,31+,32-,35+,36-/m0/s1. The predicted octanol–water partition coefficient (Wildman–Crippen LogP) is 0.283. The first kappa shape index (κ1) is 38.3. The van der Waals surface area contributed by atoms with E-state index in [0.717, 1.165) is 30.3 Å². The summed E-state index contributed by atoms with van der Waals surface area (Å²) < 4.78 is 33.8. The highest BCUT2D eigenvalue weighted by Gasteiger charge is 2.50. The van der Waals surface area contributed by atoms with Crippen LogP contribution in [0.25, 0.3) is 28.4 Å². The molecule has 0 amide bonds. The van der Waals surface area contributed by atoms with Crippen LogP contribution in [-0.2, 0) is 23.7 Å². The first-order valence-electron chi connectivity index (χ1n) is 16.3. The van der Waals surface area contributed by atoms with Gasteiger partial charge in [-0.05, 0) is 48.9 Å². The SMILES string of the molecule is C[C@@H]1O[C@H](Oc2c(-c3ccc(O)c(O)c3)oc3cc(O)cc(O)c3c2=O)[C@H](O)[C@H](O)[C@H]1O[C@@H]1O[C@H](COC(=O)C=Cc2ccc(O)cc2)[C@@H](O)[C@H](O)[C@H]1O. The quantitative estimate of drug-likeness (QED) is 0.0623. The van der Waals surface area contributed by atoms with Gasteiger partial charge < -0.3 is 79.2 Å². The number of benzene rings is 3. The van der Waals surface area contributed by atoms with Crippen LogP contribution in [-0.4, -0.2) is 125 Å². The third-order valence-corrected chi connectivity index (χ3v) is 8.82. The normalized spacial score (nSPS) is 28.6. The van der Waals surface area contributed by atoms with Gasteiger partial charge in [-0.15, -0.1) is 0 Å². The van der Waals surface area contributed by atoms with Crippen molar-refractivity contribution in [1.82, 2.24) is 0 Å². The van der Waals surface area contributed by atoms with Crippen molar-refractivity contribution >= 4 is 23.0 Å². The van der Waals surface area contributed by atoms with Gasteiger partial charge in [0.15, 0.2) is 23.5 Å². The summed E-state index contributed by atoms with van der Waals surface area (Å²) in [5.74, 6) is -4.13. The van der Waals surface area contributed by atoms with E-state index in [1.54, 1.807) is 12.1 Å². The summed E-state index contributed by atoms with van der Waals surface area (Å²) in [6.45, 7) is 0.763. The molecule has 0 aliphatic carbocycles. The second-order valence-electron chi connectivity index (χ2n) is 12.6. The van der Waals surface area contributed by atoms with E-state index in [-0.39, 0.29) is 16.9 Å². The van der Waals surface area contributed by atoms with Crippen molar-refractivity contribution in [2.75, 3.05) is 6.61 Å². The van der Waals surface area contributed by atoms with Gasteiger partial charge in [0.25, 0.3) is 0 Å². The van der Waals surface area contributed by atoms with Crippen molar-refractivity contribution in [3.05, 3.63) is 76.5 Å². The Kier molecular flexibility index (Phi) is 11.0. The second-order valence-corrected chi connectivity index (χ2v) is 12.6. The summed E-state index contributed by atoms with van der Waals surface area (Å²) in [7, 11) is 0. The highest BCUT2D eigenvalue weighted by atomic mass is 16.7. The Morgan fingerprint density at radius 1 is 0.759 bits per heavy atom. The average molecular weight is 757 g/mol. The van der Waals surface area contributed by atoms with E-state index in [2.05, 4.69) is 0 Å². The molecule has 2 aliphatic heterocycles. The Labute approximate surface area is 304 Å². The van der Waals surface area contributed by atoms with Crippen molar-refractivity contribution in [2.45, 2.75) is 68.3 Å². The number of rotatable bonds is 9. The summed E-state index contributed by atoms with van der Waals surface area (Å²) in [4.78, 5) is 26.0. The maximum absolute atomic E-state index is 13.7. The Morgan fingerprint density at radius 3 is 2.17 bits per heavy atom. The molecule has 0 radical (unpaired) electrons. The van der Waals surface area contributed by atoms with E-state index in [4.69, 9.17) is 28.1 Å². The van der Waals surface area contributed by atoms with E-state index in [1.165, 1.54) is 31.2 Å². The lowest BCUT2D eigenvalue weighted by Gasteiger charge is -2.45. The van der Waals surface area contributed by atoms with Crippen LogP contribution in [0.3, 0.4) is 0 Å². The summed E-state index contributed by atoms with van der Waals surface area (Å²) in [6.07, 6.45) is -14.7. The van der Waals surface area contributed by atoms with Gasteiger partial charge in [0.1, 0.15) is 77.6 Å². The molecule has 4 aromatic rings. The number of aliphatic hydroxyl groups excluding tert-OH is 5. The molecule has 3 heterocycles. The molecule has 0 unspecified atom stereocenters. The third-order valence-electron chi connectivity index (χ3n) is 8.82. The van der Waals surface area contributed by atoms with Crippen molar-refractivity contribution in [1.29, 1.82) is 0 Å². The Balaban J connectivity index is 1.18. The topological polar surface area (TPSA) is 296 Å². The molecule has 1 aromatic heterocycles. The number of esters is 1. The fourth-order valence-corrected chi connectivity index (χ4v) is 5.92. The number of aliphatic hydroxyl groups is 5. The highest BCUT2D eigenvalue weighted by molar-refractivity contribution is 5.88. The second kappa shape index (κ2) is 15.5. The lowest BCUT2D eigenvalue weighted by atomic mass is 9.97. The van der Waals surface area contributed by atoms with E-state index in [0.29, 0.717) is 5.56 Å². The smallest absolute Gasteiger partial charge is 0.330 e. The number of phenols is 5. The summed E-state index contributed by atoms with van der Waals surface area (Å²) in [5.41, 5.74) is -0.764. The first-order chi connectivity index (χ1) is 25.6. The summed E-state index contributed by atoms with van der Waals surface area (Å²) in [6, 6.07) is 11.2. The average Bonchev–Trinajstić information content (AvgIpc) is 3.13. The lowest BCUT2D eigenvalue weighted by Crippen LogP contribution is -2.64. The molecule has 10 N–H and O–H groups in total. The molecule has 6 rings (SSSR count). The fourth-order valence-electron chi connectivity index (χ4n) is 5.92. The molecule has 0 saturated carbocycles. The van der Waals surface area contributed by atoms with Gasteiger partial charge in [0.2, 0.25) is 17.5 Å². The molecule has 2 fully saturated rings. The maximum atomic E-state index is 13.7. The Morgan fingerprint density at radius 2 is 1.46 bits per heavy atom. The van der Waals surface area contributed by atoms with Gasteiger partial charge in [0.05, 0.1) is 6.10 Å². The van der Waals surface area contributed by atoms with Crippen molar-refractivity contribution in [2.24, 2.45) is 0 Å². The number of aromatic hydroxyl groups is 5.